The first kappa shape index (κ1) is 17.6. The number of anilines is 1. The Balaban J connectivity index is 1.86. The molecule has 0 saturated heterocycles. The minimum absolute atomic E-state index is 0.000457. The molecule has 7 nitrogen and oxygen atoms in total. The quantitative estimate of drug-likeness (QED) is 0.541. The molecule has 3 rings (SSSR count). The smallest absolute Gasteiger partial charge is 0.285 e. The van der Waals surface area contributed by atoms with E-state index >= 15 is 0 Å². The fraction of sp³-hybridized carbons (Fsp3) is 0.111. The molecule has 0 aliphatic heterocycles. The fourth-order valence-corrected chi connectivity index (χ4v) is 2.82. The molecule has 132 valence electrons. The summed E-state index contributed by atoms with van der Waals surface area (Å²) >= 11 is 6.16. The van der Waals surface area contributed by atoms with E-state index in [4.69, 9.17) is 11.6 Å². The fourth-order valence-electron chi connectivity index (χ4n) is 2.62. The Labute approximate surface area is 154 Å². The first-order valence-electron chi connectivity index (χ1n) is 7.78. The Bertz CT molecular complexity index is 984. The number of aryl methyl sites for hydroxylation is 1. The van der Waals surface area contributed by atoms with E-state index in [1.165, 1.54) is 12.3 Å². The van der Waals surface area contributed by atoms with Gasteiger partial charge in [-0.05, 0) is 24.6 Å². The van der Waals surface area contributed by atoms with Crippen molar-refractivity contribution < 1.29 is 9.72 Å². The molecule has 0 saturated carbocycles. The summed E-state index contributed by atoms with van der Waals surface area (Å²) in [5.41, 5.74) is 1.06. The molecule has 0 aliphatic carbocycles. The van der Waals surface area contributed by atoms with Gasteiger partial charge in [-0.25, -0.2) is 4.68 Å². The van der Waals surface area contributed by atoms with Gasteiger partial charge in [-0.15, -0.1) is 0 Å². The lowest BCUT2D eigenvalue weighted by atomic mass is 10.1. The normalized spacial score (nSPS) is 10.5. The summed E-state index contributed by atoms with van der Waals surface area (Å²) in [5, 5.41) is 18.7. The molecule has 0 radical (unpaired) electrons. The molecular formula is C18H15ClN4O3. The molecule has 0 bridgehead atoms. The second-order valence-electron chi connectivity index (χ2n) is 5.65. The Hall–Kier alpha value is -3.19. The zero-order valence-corrected chi connectivity index (χ0v) is 14.6. The number of benzene rings is 2. The van der Waals surface area contributed by atoms with E-state index in [0.717, 1.165) is 5.56 Å². The van der Waals surface area contributed by atoms with Crippen molar-refractivity contribution in [2.75, 3.05) is 5.32 Å². The molecule has 0 aliphatic rings. The average molecular weight is 371 g/mol. The van der Waals surface area contributed by atoms with Gasteiger partial charge in [0.15, 0.2) is 0 Å². The highest BCUT2D eigenvalue weighted by molar-refractivity contribution is 6.31. The Morgan fingerprint density at radius 1 is 1.23 bits per heavy atom. The number of halogens is 1. The van der Waals surface area contributed by atoms with Crippen molar-refractivity contribution in [1.29, 1.82) is 0 Å². The zero-order valence-electron chi connectivity index (χ0n) is 13.8. The number of amides is 1. The summed E-state index contributed by atoms with van der Waals surface area (Å²) in [7, 11) is 0. The van der Waals surface area contributed by atoms with E-state index in [-0.39, 0.29) is 11.3 Å². The van der Waals surface area contributed by atoms with E-state index < -0.39 is 10.8 Å². The minimum atomic E-state index is -0.568. The molecule has 1 amide bonds. The summed E-state index contributed by atoms with van der Waals surface area (Å²) in [6, 6.07) is 13.6. The molecular weight excluding hydrogens is 356 g/mol. The van der Waals surface area contributed by atoms with Crippen molar-refractivity contribution >= 4 is 29.0 Å². The van der Waals surface area contributed by atoms with Crippen molar-refractivity contribution in [3.05, 3.63) is 86.6 Å². The van der Waals surface area contributed by atoms with Gasteiger partial charge < -0.3 is 5.32 Å². The maximum absolute atomic E-state index is 12.6. The number of nitro benzene ring substituents is 1. The van der Waals surface area contributed by atoms with Crippen LogP contribution in [0, 0.1) is 17.0 Å². The van der Waals surface area contributed by atoms with Gasteiger partial charge in [-0.1, -0.05) is 41.9 Å². The van der Waals surface area contributed by atoms with E-state index in [2.05, 4.69) is 10.4 Å². The van der Waals surface area contributed by atoms with Gasteiger partial charge in [0.05, 0.1) is 17.7 Å². The van der Waals surface area contributed by atoms with Crippen LogP contribution in [-0.2, 0) is 6.54 Å². The number of aromatic nitrogens is 2. The van der Waals surface area contributed by atoms with Crippen molar-refractivity contribution in [2.45, 2.75) is 13.5 Å². The molecule has 2 aromatic carbocycles. The lowest BCUT2D eigenvalue weighted by molar-refractivity contribution is -0.385. The van der Waals surface area contributed by atoms with Gasteiger partial charge in [-0.2, -0.15) is 5.10 Å². The van der Waals surface area contributed by atoms with Crippen LogP contribution >= 0.6 is 11.6 Å². The van der Waals surface area contributed by atoms with Gasteiger partial charge in [-0.3, -0.25) is 14.9 Å². The molecule has 0 unspecified atom stereocenters. The van der Waals surface area contributed by atoms with Crippen LogP contribution in [0.5, 0.6) is 0 Å². The van der Waals surface area contributed by atoms with Gasteiger partial charge in [0.2, 0.25) is 0 Å². The highest BCUT2D eigenvalue weighted by Crippen LogP contribution is 2.24. The van der Waals surface area contributed by atoms with E-state index in [1.54, 1.807) is 35.9 Å². The first-order valence-corrected chi connectivity index (χ1v) is 8.15. The van der Waals surface area contributed by atoms with Crippen LogP contribution < -0.4 is 5.32 Å². The summed E-state index contributed by atoms with van der Waals surface area (Å²) in [5.74, 6) is -0.146. The van der Waals surface area contributed by atoms with Crippen molar-refractivity contribution in [2.24, 2.45) is 0 Å². The summed E-state index contributed by atoms with van der Waals surface area (Å²) in [6.45, 7) is 1.95. The SMILES string of the molecule is Cc1cccc(C(=O)Nc2ccnn2Cc2ccccc2Cl)c1[N+](=O)[O-]. The number of rotatable bonds is 5. The van der Waals surface area contributed by atoms with Gasteiger partial charge in [0.1, 0.15) is 11.4 Å². The standard InChI is InChI=1S/C18H15ClN4O3/c1-12-5-4-7-14(17(12)23(25)26)18(24)21-16-9-10-20-22(16)11-13-6-2-3-8-15(13)19/h2-10H,11H2,1H3,(H,21,24). The molecule has 1 N–H and O–H groups in total. The number of nitrogens with one attached hydrogen (secondary N) is 1. The Morgan fingerprint density at radius 3 is 2.73 bits per heavy atom. The van der Waals surface area contributed by atoms with Crippen molar-refractivity contribution in [3.8, 4) is 0 Å². The highest BCUT2D eigenvalue weighted by atomic mass is 35.5. The van der Waals surface area contributed by atoms with Crippen molar-refractivity contribution in [3.63, 3.8) is 0 Å². The van der Waals surface area contributed by atoms with Gasteiger partial charge >= 0.3 is 0 Å². The number of carbonyl (C=O) groups is 1. The summed E-state index contributed by atoms with van der Waals surface area (Å²) in [6.07, 6.45) is 1.54. The number of nitrogens with zero attached hydrogens (tertiary/aromatic N) is 3. The molecule has 3 aromatic rings. The summed E-state index contributed by atoms with van der Waals surface area (Å²) < 4.78 is 1.57. The third kappa shape index (κ3) is 3.57. The lowest BCUT2D eigenvalue weighted by Crippen LogP contribution is -2.18. The molecule has 1 heterocycles. The second kappa shape index (κ2) is 7.37. The number of nitro groups is 1. The van der Waals surface area contributed by atoms with Crippen LogP contribution in [-0.4, -0.2) is 20.6 Å². The third-order valence-electron chi connectivity index (χ3n) is 3.90. The van der Waals surface area contributed by atoms with Crippen LogP contribution in [0.2, 0.25) is 5.02 Å². The second-order valence-corrected chi connectivity index (χ2v) is 6.06. The highest BCUT2D eigenvalue weighted by Gasteiger charge is 2.23. The Morgan fingerprint density at radius 2 is 2.00 bits per heavy atom. The molecule has 0 atom stereocenters. The predicted octanol–water partition coefficient (Wildman–Crippen LogP) is 4.05. The molecule has 0 spiro atoms. The lowest BCUT2D eigenvalue weighted by Gasteiger charge is -2.11. The van der Waals surface area contributed by atoms with Crippen LogP contribution in [0.1, 0.15) is 21.5 Å². The maximum Gasteiger partial charge on any atom is 0.285 e. The van der Waals surface area contributed by atoms with E-state index in [1.807, 2.05) is 18.2 Å². The largest absolute Gasteiger partial charge is 0.307 e. The third-order valence-corrected chi connectivity index (χ3v) is 4.27. The predicted molar refractivity (Wildman–Crippen MR) is 98.6 cm³/mol. The zero-order chi connectivity index (χ0) is 18.7. The molecule has 1 aromatic heterocycles. The van der Waals surface area contributed by atoms with Gasteiger partial charge in [0.25, 0.3) is 11.6 Å². The summed E-state index contributed by atoms with van der Waals surface area (Å²) in [4.78, 5) is 23.3. The van der Waals surface area contributed by atoms with E-state index in [9.17, 15) is 14.9 Å². The minimum Gasteiger partial charge on any atom is -0.307 e. The van der Waals surface area contributed by atoms with Gasteiger partial charge in [0, 0.05) is 16.7 Å². The molecule has 8 heteroatoms. The van der Waals surface area contributed by atoms with Crippen LogP contribution in [0.4, 0.5) is 11.5 Å². The number of carbonyl (C=O) groups excluding carboxylic acids is 1. The van der Waals surface area contributed by atoms with E-state index in [0.29, 0.717) is 22.9 Å². The molecule has 26 heavy (non-hydrogen) atoms. The number of hydrogen-bond acceptors (Lipinski definition) is 4. The van der Waals surface area contributed by atoms with Crippen molar-refractivity contribution in [1.82, 2.24) is 9.78 Å². The maximum atomic E-state index is 12.6. The first-order chi connectivity index (χ1) is 12.5. The Kier molecular flexibility index (Phi) is 4.99. The topological polar surface area (TPSA) is 90.1 Å². The van der Waals surface area contributed by atoms with Crippen LogP contribution in [0.3, 0.4) is 0 Å². The average Bonchev–Trinajstić information content (AvgIpc) is 3.03. The van der Waals surface area contributed by atoms with Crippen LogP contribution in [0.15, 0.2) is 54.7 Å². The monoisotopic (exact) mass is 370 g/mol. The number of hydrogen-bond donors (Lipinski definition) is 1. The number of para-hydroxylation sites is 1. The molecule has 0 fully saturated rings. The van der Waals surface area contributed by atoms with Crippen LogP contribution in [0.25, 0.3) is 0 Å².